The van der Waals surface area contributed by atoms with E-state index in [0.29, 0.717) is 13.0 Å². The number of nitrogens with two attached hydrogens (primary N) is 1. The van der Waals surface area contributed by atoms with Crippen molar-refractivity contribution in [3.8, 4) is 0 Å². The van der Waals surface area contributed by atoms with Gasteiger partial charge in [0.1, 0.15) is 0 Å². The van der Waals surface area contributed by atoms with Gasteiger partial charge in [0, 0.05) is 12.5 Å². The van der Waals surface area contributed by atoms with Crippen molar-refractivity contribution < 1.29 is 4.79 Å². The molecule has 0 aliphatic carbocycles. The van der Waals surface area contributed by atoms with Gasteiger partial charge in [-0.2, -0.15) is 0 Å². The van der Waals surface area contributed by atoms with E-state index in [4.69, 9.17) is 5.73 Å². The van der Waals surface area contributed by atoms with Crippen LogP contribution in [0.1, 0.15) is 20.3 Å². The zero-order valence-corrected chi connectivity index (χ0v) is 7.84. The predicted molar refractivity (Wildman–Crippen MR) is 50.6 cm³/mol. The van der Waals surface area contributed by atoms with Crippen LogP contribution in [0.5, 0.6) is 0 Å². The Balaban J connectivity index is 3.66. The first-order chi connectivity index (χ1) is 5.60. The first-order valence-electron chi connectivity index (χ1n) is 4.22. The normalized spacial score (nSPS) is 14.9. The second-order valence-electron chi connectivity index (χ2n) is 3.14. The van der Waals surface area contributed by atoms with Crippen molar-refractivity contribution in [3.05, 3.63) is 12.7 Å². The number of nitrogens with one attached hydrogen (secondary N) is 1. The average Bonchev–Trinajstić information content (AvgIpc) is 2.03. The van der Waals surface area contributed by atoms with E-state index in [1.165, 1.54) is 0 Å². The van der Waals surface area contributed by atoms with Crippen LogP contribution in [0.2, 0.25) is 0 Å². The first kappa shape index (κ1) is 11.2. The van der Waals surface area contributed by atoms with Crippen LogP contribution in [0.3, 0.4) is 0 Å². The van der Waals surface area contributed by atoms with Crippen LogP contribution in [0, 0.1) is 5.92 Å². The molecule has 1 amide bonds. The maximum Gasteiger partial charge on any atom is 0.220 e. The summed E-state index contributed by atoms with van der Waals surface area (Å²) in [6, 6.07) is 0.0440. The van der Waals surface area contributed by atoms with Gasteiger partial charge in [-0.1, -0.05) is 13.0 Å². The Bertz CT molecular complexity index is 157. The topological polar surface area (TPSA) is 55.1 Å². The maximum atomic E-state index is 11.2. The Hall–Kier alpha value is -0.830. The van der Waals surface area contributed by atoms with Gasteiger partial charge in [-0.3, -0.25) is 4.79 Å². The van der Waals surface area contributed by atoms with Crippen molar-refractivity contribution in [1.29, 1.82) is 0 Å². The van der Waals surface area contributed by atoms with Crippen LogP contribution in [0.4, 0.5) is 0 Å². The zero-order valence-electron chi connectivity index (χ0n) is 7.84. The van der Waals surface area contributed by atoms with Crippen LogP contribution in [-0.4, -0.2) is 18.5 Å². The van der Waals surface area contributed by atoms with Crippen molar-refractivity contribution in [2.24, 2.45) is 11.7 Å². The lowest BCUT2D eigenvalue weighted by atomic mass is 10.1. The minimum Gasteiger partial charge on any atom is -0.350 e. The third-order valence-corrected chi connectivity index (χ3v) is 1.68. The summed E-state index contributed by atoms with van der Waals surface area (Å²) in [4.78, 5) is 11.2. The number of hydrogen-bond donors (Lipinski definition) is 2. The highest BCUT2D eigenvalue weighted by Crippen LogP contribution is 1.98. The van der Waals surface area contributed by atoms with Gasteiger partial charge in [0.25, 0.3) is 0 Å². The second-order valence-corrected chi connectivity index (χ2v) is 3.14. The van der Waals surface area contributed by atoms with Crippen LogP contribution in [0.25, 0.3) is 0 Å². The molecule has 2 atom stereocenters. The van der Waals surface area contributed by atoms with E-state index in [0.717, 1.165) is 0 Å². The van der Waals surface area contributed by atoms with Crippen molar-refractivity contribution in [2.45, 2.75) is 26.3 Å². The molecule has 0 aromatic rings. The number of carbonyl (C=O) groups excluding carboxylic acids is 1. The fourth-order valence-electron chi connectivity index (χ4n) is 0.772. The quantitative estimate of drug-likeness (QED) is 0.596. The number of rotatable bonds is 5. The molecule has 70 valence electrons. The van der Waals surface area contributed by atoms with Crippen molar-refractivity contribution >= 4 is 5.91 Å². The molecule has 0 rings (SSSR count). The summed E-state index contributed by atoms with van der Waals surface area (Å²) in [5, 5.41) is 2.78. The Morgan fingerprint density at radius 1 is 1.67 bits per heavy atom. The summed E-state index contributed by atoms with van der Waals surface area (Å²) < 4.78 is 0. The average molecular weight is 170 g/mol. The van der Waals surface area contributed by atoms with E-state index in [2.05, 4.69) is 11.9 Å². The fraction of sp³-hybridized carbons (Fsp3) is 0.667. The number of amides is 1. The van der Waals surface area contributed by atoms with E-state index in [1.54, 1.807) is 6.08 Å². The molecular formula is C9H18N2O. The lowest BCUT2D eigenvalue weighted by molar-refractivity contribution is -0.122. The highest BCUT2D eigenvalue weighted by atomic mass is 16.1. The summed E-state index contributed by atoms with van der Waals surface area (Å²) in [7, 11) is 0. The lowest BCUT2D eigenvalue weighted by Gasteiger charge is -2.11. The molecule has 0 saturated carbocycles. The lowest BCUT2D eigenvalue weighted by Crippen LogP contribution is -2.32. The molecule has 0 spiro atoms. The van der Waals surface area contributed by atoms with Crippen molar-refractivity contribution in [3.63, 3.8) is 0 Å². The number of hydrogen-bond acceptors (Lipinski definition) is 2. The van der Waals surface area contributed by atoms with Gasteiger partial charge in [-0.25, -0.2) is 0 Å². The van der Waals surface area contributed by atoms with Crippen LogP contribution in [0.15, 0.2) is 12.7 Å². The molecule has 12 heavy (non-hydrogen) atoms. The molecule has 3 nitrogen and oxygen atoms in total. The van der Waals surface area contributed by atoms with Crippen molar-refractivity contribution in [1.82, 2.24) is 5.32 Å². The third-order valence-electron chi connectivity index (χ3n) is 1.68. The number of carbonyl (C=O) groups is 1. The summed E-state index contributed by atoms with van der Waals surface area (Å²) in [6.45, 7) is 7.97. The Kier molecular flexibility index (Phi) is 5.37. The van der Waals surface area contributed by atoms with E-state index in [-0.39, 0.29) is 17.9 Å². The second kappa shape index (κ2) is 5.77. The van der Waals surface area contributed by atoms with Gasteiger partial charge < -0.3 is 11.1 Å². The first-order valence-corrected chi connectivity index (χ1v) is 4.22. The maximum absolute atomic E-state index is 11.2. The van der Waals surface area contributed by atoms with Gasteiger partial charge >= 0.3 is 0 Å². The molecule has 0 aromatic carbocycles. The Morgan fingerprint density at radius 2 is 2.25 bits per heavy atom. The van der Waals surface area contributed by atoms with E-state index in [1.807, 2.05) is 13.8 Å². The third kappa shape index (κ3) is 4.91. The molecule has 0 fully saturated rings. The highest BCUT2D eigenvalue weighted by Gasteiger charge is 2.08. The molecule has 0 aliphatic rings. The van der Waals surface area contributed by atoms with E-state index < -0.39 is 0 Å². The Morgan fingerprint density at radius 3 is 2.67 bits per heavy atom. The molecular weight excluding hydrogens is 152 g/mol. The van der Waals surface area contributed by atoms with E-state index in [9.17, 15) is 4.79 Å². The van der Waals surface area contributed by atoms with Crippen LogP contribution < -0.4 is 11.1 Å². The predicted octanol–water partition coefficient (Wildman–Crippen LogP) is 0.662. The monoisotopic (exact) mass is 170 g/mol. The summed E-state index contributed by atoms with van der Waals surface area (Å²) in [5.41, 5.74) is 5.38. The minimum atomic E-state index is 0.0420. The zero-order chi connectivity index (χ0) is 9.56. The molecule has 3 heteroatoms. The van der Waals surface area contributed by atoms with Crippen LogP contribution in [-0.2, 0) is 4.79 Å². The highest BCUT2D eigenvalue weighted by molar-refractivity contribution is 5.76. The largest absolute Gasteiger partial charge is 0.350 e. The molecule has 0 aliphatic heterocycles. The summed E-state index contributed by atoms with van der Waals surface area (Å²) >= 11 is 0. The summed E-state index contributed by atoms with van der Waals surface area (Å²) in [5.74, 6) is 0.294. The smallest absolute Gasteiger partial charge is 0.220 e. The van der Waals surface area contributed by atoms with Gasteiger partial charge in [0.05, 0.1) is 0 Å². The molecule has 0 saturated heterocycles. The van der Waals surface area contributed by atoms with Crippen LogP contribution >= 0.6 is 0 Å². The van der Waals surface area contributed by atoms with Gasteiger partial charge in [0.15, 0.2) is 0 Å². The minimum absolute atomic E-state index is 0.0420. The Labute approximate surface area is 74.0 Å². The van der Waals surface area contributed by atoms with Gasteiger partial charge in [-0.05, 0) is 19.4 Å². The molecule has 3 N–H and O–H groups in total. The summed E-state index contributed by atoms with van der Waals surface area (Å²) in [6.07, 6.45) is 2.19. The molecule has 0 radical (unpaired) electrons. The molecule has 0 bridgehead atoms. The van der Waals surface area contributed by atoms with E-state index >= 15 is 0 Å². The standard InChI is InChI=1S/C9H18N2O/c1-4-8(3)11-9(12)5-7(2)6-10/h4,7-8H,1,5-6,10H2,2-3H3,(H,11,12). The molecule has 0 aromatic heterocycles. The van der Waals surface area contributed by atoms with Gasteiger partial charge in [-0.15, -0.1) is 6.58 Å². The van der Waals surface area contributed by atoms with Gasteiger partial charge in [0.2, 0.25) is 5.91 Å². The fourth-order valence-corrected chi connectivity index (χ4v) is 0.772. The van der Waals surface area contributed by atoms with Crippen molar-refractivity contribution in [2.75, 3.05) is 6.54 Å². The SMILES string of the molecule is C=CC(C)NC(=O)CC(C)CN. The molecule has 2 unspecified atom stereocenters. The molecule has 0 heterocycles.